The molecule has 0 fully saturated rings. The van der Waals surface area contributed by atoms with Crippen LogP contribution in [0.1, 0.15) is 11.6 Å². The zero-order valence-corrected chi connectivity index (χ0v) is 7.40. The third-order valence-electron chi connectivity index (χ3n) is 1.91. The van der Waals surface area contributed by atoms with Crippen LogP contribution < -0.4 is 0 Å². The molecule has 0 saturated carbocycles. The van der Waals surface area contributed by atoms with Gasteiger partial charge in [0.1, 0.15) is 11.6 Å². The second kappa shape index (κ2) is 2.94. The Labute approximate surface area is 76.3 Å². The summed E-state index contributed by atoms with van der Waals surface area (Å²) >= 11 is 0. The third-order valence-corrected chi connectivity index (χ3v) is 1.91. The van der Waals surface area contributed by atoms with Crippen molar-refractivity contribution in [2.45, 2.75) is 0 Å². The van der Waals surface area contributed by atoms with Gasteiger partial charge in [-0.15, -0.1) is 0 Å². The molecule has 2 heterocycles. The summed E-state index contributed by atoms with van der Waals surface area (Å²) in [6, 6.07) is 3.71. The lowest BCUT2D eigenvalue weighted by atomic mass is 10.2. The van der Waals surface area contributed by atoms with E-state index in [1.54, 1.807) is 12.5 Å². The normalized spacial score (nSPS) is 10.2. The van der Waals surface area contributed by atoms with E-state index < -0.39 is 0 Å². The molecule has 0 amide bonds. The smallest absolute Gasteiger partial charge is 0.142 e. The predicted octanol–water partition coefficient (Wildman–Crippen LogP) is 2.07. The molecule has 2 aromatic rings. The SMILES string of the molecule is C=C(c1ccco1)c1nccn1C. The Morgan fingerprint density at radius 1 is 1.62 bits per heavy atom. The highest BCUT2D eigenvalue weighted by Crippen LogP contribution is 2.19. The van der Waals surface area contributed by atoms with Gasteiger partial charge >= 0.3 is 0 Å². The minimum absolute atomic E-state index is 0.759. The number of rotatable bonds is 2. The zero-order chi connectivity index (χ0) is 9.26. The number of aryl methyl sites for hydroxylation is 1. The van der Waals surface area contributed by atoms with Crippen LogP contribution in [0.3, 0.4) is 0 Å². The van der Waals surface area contributed by atoms with Crippen molar-refractivity contribution in [2.75, 3.05) is 0 Å². The van der Waals surface area contributed by atoms with Gasteiger partial charge in [0.15, 0.2) is 0 Å². The molecule has 0 spiro atoms. The van der Waals surface area contributed by atoms with Crippen molar-refractivity contribution in [1.82, 2.24) is 9.55 Å². The molecular formula is C10H10N2O. The third kappa shape index (κ3) is 1.28. The number of imidazole rings is 1. The number of hydrogen-bond donors (Lipinski definition) is 0. The van der Waals surface area contributed by atoms with Crippen molar-refractivity contribution >= 4 is 5.57 Å². The summed E-state index contributed by atoms with van der Waals surface area (Å²) in [4.78, 5) is 4.18. The monoisotopic (exact) mass is 174 g/mol. The largest absolute Gasteiger partial charge is 0.464 e. The molecule has 3 nitrogen and oxygen atoms in total. The highest BCUT2D eigenvalue weighted by molar-refractivity contribution is 5.71. The van der Waals surface area contributed by atoms with Crippen molar-refractivity contribution in [3.63, 3.8) is 0 Å². The van der Waals surface area contributed by atoms with Crippen LogP contribution in [0.5, 0.6) is 0 Å². The van der Waals surface area contributed by atoms with Gasteiger partial charge in [0.2, 0.25) is 0 Å². The van der Waals surface area contributed by atoms with Gasteiger partial charge in [0.25, 0.3) is 0 Å². The molecule has 0 saturated heterocycles. The molecule has 0 unspecified atom stereocenters. The van der Waals surface area contributed by atoms with Crippen molar-refractivity contribution in [3.05, 3.63) is 49.0 Å². The Kier molecular flexibility index (Phi) is 1.77. The molecule has 2 rings (SSSR count). The van der Waals surface area contributed by atoms with Crippen molar-refractivity contribution in [1.29, 1.82) is 0 Å². The summed E-state index contributed by atoms with van der Waals surface area (Å²) in [5.74, 6) is 1.59. The molecule has 13 heavy (non-hydrogen) atoms. The Morgan fingerprint density at radius 2 is 2.46 bits per heavy atom. The topological polar surface area (TPSA) is 31.0 Å². The molecule has 0 aliphatic carbocycles. The van der Waals surface area contributed by atoms with E-state index >= 15 is 0 Å². The van der Waals surface area contributed by atoms with Crippen molar-refractivity contribution < 1.29 is 4.42 Å². The fourth-order valence-corrected chi connectivity index (χ4v) is 1.22. The van der Waals surface area contributed by atoms with Gasteiger partial charge < -0.3 is 8.98 Å². The van der Waals surface area contributed by atoms with E-state index in [0.717, 1.165) is 17.2 Å². The lowest BCUT2D eigenvalue weighted by Crippen LogP contribution is -1.95. The van der Waals surface area contributed by atoms with Gasteiger partial charge in [-0.2, -0.15) is 0 Å². The minimum Gasteiger partial charge on any atom is -0.464 e. The van der Waals surface area contributed by atoms with Crippen LogP contribution in [0, 0.1) is 0 Å². The first-order chi connectivity index (χ1) is 6.29. The van der Waals surface area contributed by atoms with E-state index in [2.05, 4.69) is 11.6 Å². The summed E-state index contributed by atoms with van der Waals surface area (Å²) in [6.07, 6.45) is 5.25. The first-order valence-electron chi connectivity index (χ1n) is 3.99. The zero-order valence-electron chi connectivity index (χ0n) is 7.40. The van der Waals surface area contributed by atoms with Gasteiger partial charge in [-0.25, -0.2) is 4.98 Å². The van der Waals surface area contributed by atoms with Crippen LogP contribution >= 0.6 is 0 Å². The van der Waals surface area contributed by atoms with Crippen LogP contribution in [0.15, 0.2) is 41.8 Å². The first-order valence-corrected chi connectivity index (χ1v) is 3.99. The maximum atomic E-state index is 5.22. The molecule has 2 aromatic heterocycles. The van der Waals surface area contributed by atoms with Gasteiger partial charge in [0.05, 0.1) is 11.8 Å². The van der Waals surface area contributed by atoms with Gasteiger partial charge in [-0.3, -0.25) is 0 Å². The average molecular weight is 174 g/mol. The number of furan rings is 1. The second-order valence-electron chi connectivity index (χ2n) is 2.82. The maximum Gasteiger partial charge on any atom is 0.142 e. The van der Waals surface area contributed by atoms with E-state index in [9.17, 15) is 0 Å². The van der Waals surface area contributed by atoms with E-state index in [1.807, 2.05) is 29.9 Å². The number of nitrogens with zero attached hydrogens (tertiary/aromatic N) is 2. The predicted molar refractivity (Wildman–Crippen MR) is 50.1 cm³/mol. The molecule has 0 radical (unpaired) electrons. The summed E-state index contributed by atoms with van der Waals surface area (Å²) in [7, 11) is 1.93. The van der Waals surface area contributed by atoms with E-state index in [4.69, 9.17) is 4.42 Å². The molecule has 0 bridgehead atoms. The van der Waals surface area contributed by atoms with Crippen molar-refractivity contribution in [3.8, 4) is 0 Å². The summed E-state index contributed by atoms with van der Waals surface area (Å²) in [5, 5.41) is 0. The maximum absolute atomic E-state index is 5.22. The van der Waals surface area contributed by atoms with E-state index in [0.29, 0.717) is 0 Å². The molecule has 0 aliphatic heterocycles. The lowest BCUT2D eigenvalue weighted by molar-refractivity contribution is 0.552. The summed E-state index contributed by atoms with van der Waals surface area (Å²) in [5.41, 5.74) is 0.803. The molecule has 0 aliphatic rings. The Balaban J connectivity index is 2.39. The fraction of sp³-hybridized carbons (Fsp3) is 0.100. The Hall–Kier alpha value is -1.77. The molecule has 66 valence electrons. The van der Waals surface area contributed by atoms with Crippen LogP contribution in [0.25, 0.3) is 5.57 Å². The van der Waals surface area contributed by atoms with Crippen LogP contribution in [-0.4, -0.2) is 9.55 Å². The van der Waals surface area contributed by atoms with Gasteiger partial charge in [-0.1, -0.05) is 6.58 Å². The molecule has 0 N–H and O–H groups in total. The molecule has 0 aromatic carbocycles. The average Bonchev–Trinajstić information content (AvgIpc) is 2.72. The Bertz CT molecular complexity index is 412. The van der Waals surface area contributed by atoms with E-state index in [-0.39, 0.29) is 0 Å². The minimum atomic E-state index is 0.759. The molecule has 3 heteroatoms. The van der Waals surface area contributed by atoms with Gasteiger partial charge in [-0.05, 0) is 12.1 Å². The van der Waals surface area contributed by atoms with Gasteiger partial charge in [0, 0.05) is 19.4 Å². The highest BCUT2D eigenvalue weighted by Gasteiger charge is 2.08. The van der Waals surface area contributed by atoms with Crippen LogP contribution in [-0.2, 0) is 7.05 Å². The lowest BCUT2D eigenvalue weighted by Gasteiger charge is -2.01. The van der Waals surface area contributed by atoms with E-state index in [1.165, 1.54) is 0 Å². The van der Waals surface area contributed by atoms with Crippen molar-refractivity contribution in [2.24, 2.45) is 7.05 Å². The Morgan fingerprint density at radius 3 is 3.00 bits per heavy atom. The number of hydrogen-bond acceptors (Lipinski definition) is 2. The molecular weight excluding hydrogens is 164 g/mol. The molecule has 0 atom stereocenters. The fourth-order valence-electron chi connectivity index (χ4n) is 1.22. The van der Waals surface area contributed by atoms with Crippen LogP contribution in [0.4, 0.5) is 0 Å². The number of aromatic nitrogens is 2. The quantitative estimate of drug-likeness (QED) is 0.697. The summed E-state index contributed by atoms with van der Waals surface area (Å²) < 4.78 is 7.13. The van der Waals surface area contributed by atoms with Crippen LogP contribution in [0.2, 0.25) is 0 Å². The highest BCUT2D eigenvalue weighted by atomic mass is 16.3. The second-order valence-corrected chi connectivity index (χ2v) is 2.82. The standard InChI is InChI=1S/C10H10N2O/c1-8(9-4-3-7-13-9)10-11-5-6-12(10)2/h3-7H,1H2,2H3. The summed E-state index contributed by atoms with van der Waals surface area (Å²) in [6.45, 7) is 3.92. The first kappa shape index (κ1) is 7.86.